The molecule has 0 saturated carbocycles. The van der Waals surface area contributed by atoms with E-state index in [1.165, 1.54) is 17.0 Å². The number of piperidine rings is 1. The minimum absolute atomic E-state index is 0.00609. The van der Waals surface area contributed by atoms with Gasteiger partial charge in [0.2, 0.25) is 5.91 Å². The highest BCUT2D eigenvalue weighted by molar-refractivity contribution is 5.82. The van der Waals surface area contributed by atoms with Gasteiger partial charge >= 0.3 is 0 Å². The van der Waals surface area contributed by atoms with E-state index < -0.39 is 17.0 Å². The van der Waals surface area contributed by atoms with Crippen LogP contribution in [0.15, 0.2) is 18.2 Å². The molecule has 1 aliphatic rings. The molecule has 0 aliphatic carbocycles. The van der Waals surface area contributed by atoms with Gasteiger partial charge in [-0.15, -0.1) is 0 Å². The maximum atomic E-state index is 13.6. The Bertz CT molecular complexity index is 499. The van der Waals surface area contributed by atoms with Crippen LogP contribution in [-0.4, -0.2) is 30.9 Å². The molecule has 1 atom stereocenters. The van der Waals surface area contributed by atoms with Crippen molar-refractivity contribution in [2.45, 2.75) is 26.3 Å². The van der Waals surface area contributed by atoms with Crippen molar-refractivity contribution in [3.63, 3.8) is 0 Å². The van der Waals surface area contributed by atoms with E-state index in [-0.39, 0.29) is 12.5 Å². The van der Waals surface area contributed by atoms with Gasteiger partial charge in [0.05, 0.1) is 5.41 Å². The summed E-state index contributed by atoms with van der Waals surface area (Å²) in [5.41, 5.74) is -0.113. The fourth-order valence-corrected chi connectivity index (χ4v) is 2.68. The van der Waals surface area contributed by atoms with Gasteiger partial charge in [0.25, 0.3) is 0 Å². The second-order valence-corrected chi connectivity index (χ2v) is 5.74. The molecule has 1 aromatic carbocycles. The smallest absolute Gasteiger partial charge is 0.229 e. The molecule has 110 valence electrons. The van der Waals surface area contributed by atoms with Gasteiger partial charge < -0.3 is 10.2 Å². The highest BCUT2D eigenvalue weighted by Gasteiger charge is 2.36. The molecule has 1 N–H and O–H groups in total. The average Bonchev–Trinajstić information content (AvgIpc) is 2.42. The standard InChI is InChI=1S/C15H20F2N2O/c1-15(6-3-7-18-10-15)14(20)19(2)9-11-4-5-12(16)8-13(11)17/h4-5,8,18H,3,6-7,9-10H2,1-2H3. The number of amides is 1. The van der Waals surface area contributed by atoms with Crippen LogP contribution in [0.1, 0.15) is 25.3 Å². The lowest BCUT2D eigenvalue weighted by Crippen LogP contribution is -2.49. The zero-order chi connectivity index (χ0) is 14.8. The van der Waals surface area contributed by atoms with Gasteiger partial charge in [0.1, 0.15) is 11.6 Å². The first-order chi connectivity index (χ1) is 9.42. The SMILES string of the molecule is CN(Cc1ccc(F)cc1F)C(=O)C1(C)CCCNC1. The van der Waals surface area contributed by atoms with E-state index in [0.717, 1.165) is 25.5 Å². The van der Waals surface area contributed by atoms with E-state index in [1.807, 2.05) is 6.92 Å². The van der Waals surface area contributed by atoms with Crippen LogP contribution in [-0.2, 0) is 11.3 Å². The van der Waals surface area contributed by atoms with E-state index in [2.05, 4.69) is 5.32 Å². The fourth-order valence-electron chi connectivity index (χ4n) is 2.68. The normalized spacial score (nSPS) is 22.6. The van der Waals surface area contributed by atoms with Gasteiger partial charge in [-0.2, -0.15) is 0 Å². The van der Waals surface area contributed by atoms with Crippen LogP contribution in [0, 0.1) is 17.0 Å². The molecule has 1 amide bonds. The number of hydrogen-bond donors (Lipinski definition) is 1. The van der Waals surface area contributed by atoms with Crippen molar-refractivity contribution >= 4 is 5.91 Å². The van der Waals surface area contributed by atoms with Gasteiger partial charge in [0, 0.05) is 31.8 Å². The van der Waals surface area contributed by atoms with Gasteiger partial charge in [-0.25, -0.2) is 8.78 Å². The minimum atomic E-state index is -0.614. The maximum Gasteiger partial charge on any atom is 0.229 e. The molecule has 0 spiro atoms. The molecule has 1 aromatic rings. The Morgan fingerprint density at radius 2 is 2.20 bits per heavy atom. The van der Waals surface area contributed by atoms with Crippen molar-refractivity contribution in [2.24, 2.45) is 5.41 Å². The van der Waals surface area contributed by atoms with Crippen molar-refractivity contribution in [3.8, 4) is 0 Å². The summed E-state index contributed by atoms with van der Waals surface area (Å²) in [6, 6.07) is 3.44. The first-order valence-electron chi connectivity index (χ1n) is 6.82. The van der Waals surface area contributed by atoms with Crippen molar-refractivity contribution < 1.29 is 13.6 Å². The summed E-state index contributed by atoms with van der Waals surface area (Å²) in [5.74, 6) is -1.23. The van der Waals surface area contributed by atoms with Gasteiger partial charge in [-0.05, 0) is 32.4 Å². The average molecular weight is 282 g/mol. The predicted molar refractivity (Wildman–Crippen MR) is 73.0 cm³/mol. The number of benzene rings is 1. The third kappa shape index (κ3) is 3.15. The minimum Gasteiger partial charge on any atom is -0.341 e. The topological polar surface area (TPSA) is 32.3 Å². The molecule has 2 rings (SSSR count). The Morgan fingerprint density at radius 1 is 1.45 bits per heavy atom. The summed E-state index contributed by atoms with van der Waals surface area (Å²) in [7, 11) is 1.66. The number of halogens is 2. The number of hydrogen-bond acceptors (Lipinski definition) is 2. The summed E-state index contributed by atoms with van der Waals surface area (Å²) in [6.45, 7) is 3.65. The van der Waals surface area contributed by atoms with Gasteiger partial charge in [0.15, 0.2) is 0 Å². The van der Waals surface area contributed by atoms with Crippen molar-refractivity contribution in [2.75, 3.05) is 20.1 Å². The summed E-state index contributed by atoms with van der Waals surface area (Å²) < 4.78 is 26.5. The van der Waals surface area contributed by atoms with Crippen molar-refractivity contribution in [1.82, 2.24) is 10.2 Å². The molecule has 1 aliphatic heterocycles. The first-order valence-corrected chi connectivity index (χ1v) is 6.82. The number of carbonyl (C=O) groups excluding carboxylic acids is 1. The zero-order valence-corrected chi connectivity index (χ0v) is 11.9. The quantitative estimate of drug-likeness (QED) is 0.922. The van der Waals surface area contributed by atoms with Crippen LogP contribution < -0.4 is 5.32 Å². The molecule has 1 saturated heterocycles. The fraction of sp³-hybridized carbons (Fsp3) is 0.533. The molecule has 5 heteroatoms. The van der Waals surface area contributed by atoms with E-state index >= 15 is 0 Å². The summed E-state index contributed by atoms with van der Waals surface area (Å²) in [4.78, 5) is 14.0. The molecule has 20 heavy (non-hydrogen) atoms. The van der Waals surface area contributed by atoms with Crippen molar-refractivity contribution in [3.05, 3.63) is 35.4 Å². The van der Waals surface area contributed by atoms with Crippen LogP contribution in [0.25, 0.3) is 0 Å². The van der Waals surface area contributed by atoms with E-state index in [0.29, 0.717) is 12.1 Å². The summed E-state index contributed by atoms with van der Waals surface area (Å²) in [6.07, 6.45) is 1.79. The maximum absolute atomic E-state index is 13.6. The molecule has 1 fully saturated rings. The molecule has 3 nitrogen and oxygen atoms in total. The second kappa shape index (κ2) is 5.87. The number of nitrogens with one attached hydrogen (secondary N) is 1. The lowest BCUT2D eigenvalue weighted by Gasteiger charge is -2.36. The Balaban J connectivity index is 2.07. The van der Waals surface area contributed by atoms with Gasteiger partial charge in [-0.1, -0.05) is 6.07 Å². The zero-order valence-electron chi connectivity index (χ0n) is 11.9. The number of nitrogens with zero attached hydrogens (tertiary/aromatic N) is 1. The Labute approximate surface area is 118 Å². The molecular weight excluding hydrogens is 262 g/mol. The number of carbonyl (C=O) groups is 1. The third-order valence-electron chi connectivity index (χ3n) is 3.88. The van der Waals surface area contributed by atoms with Crippen LogP contribution >= 0.6 is 0 Å². The first kappa shape index (κ1) is 14.9. The second-order valence-electron chi connectivity index (χ2n) is 5.74. The predicted octanol–water partition coefficient (Wildman–Crippen LogP) is 2.31. The molecule has 0 radical (unpaired) electrons. The monoisotopic (exact) mass is 282 g/mol. The van der Waals surface area contributed by atoms with Crippen molar-refractivity contribution in [1.29, 1.82) is 0 Å². The lowest BCUT2D eigenvalue weighted by atomic mass is 9.81. The highest BCUT2D eigenvalue weighted by atomic mass is 19.1. The Morgan fingerprint density at radius 3 is 2.80 bits per heavy atom. The largest absolute Gasteiger partial charge is 0.341 e. The summed E-state index contributed by atoms with van der Waals surface area (Å²) in [5, 5.41) is 3.22. The van der Waals surface area contributed by atoms with E-state index in [9.17, 15) is 13.6 Å². The van der Waals surface area contributed by atoms with Crippen LogP contribution in [0.2, 0.25) is 0 Å². The van der Waals surface area contributed by atoms with Crippen LogP contribution in [0.5, 0.6) is 0 Å². The lowest BCUT2D eigenvalue weighted by molar-refractivity contribution is -0.141. The Hall–Kier alpha value is -1.49. The number of rotatable bonds is 3. The highest BCUT2D eigenvalue weighted by Crippen LogP contribution is 2.28. The molecular formula is C15H20F2N2O. The van der Waals surface area contributed by atoms with Crippen LogP contribution in [0.4, 0.5) is 8.78 Å². The molecule has 0 bridgehead atoms. The third-order valence-corrected chi connectivity index (χ3v) is 3.88. The molecule has 1 heterocycles. The van der Waals surface area contributed by atoms with Crippen LogP contribution in [0.3, 0.4) is 0 Å². The molecule has 0 aromatic heterocycles. The van der Waals surface area contributed by atoms with E-state index in [4.69, 9.17) is 0 Å². The molecule has 1 unspecified atom stereocenters. The Kier molecular flexibility index (Phi) is 4.38. The van der Waals surface area contributed by atoms with E-state index in [1.54, 1.807) is 7.05 Å². The summed E-state index contributed by atoms with van der Waals surface area (Å²) >= 11 is 0. The van der Waals surface area contributed by atoms with Gasteiger partial charge in [-0.3, -0.25) is 4.79 Å².